The molecule has 0 spiro atoms. The van der Waals surface area contributed by atoms with Gasteiger partial charge in [0, 0.05) is 49.9 Å². The minimum Gasteiger partial charge on any atom is -0.361 e. The maximum atomic E-state index is 12.3. The molecule has 6 nitrogen and oxygen atoms in total. The number of fused-ring (bicyclic) bond motifs is 2. The molecule has 2 amide bonds. The fourth-order valence-corrected chi connectivity index (χ4v) is 3.57. The zero-order valence-corrected chi connectivity index (χ0v) is 14.7. The van der Waals surface area contributed by atoms with Crippen molar-refractivity contribution in [3.63, 3.8) is 0 Å². The molecule has 0 saturated heterocycles. The highest BCUT2D eigenvalue weighted by Crippen LogP contribution is 2.19. The molecular formula is C20H22N4O2. The molecule has 1 unspecified atom stereocenters. The molecule has 0 bridgehead atoms. The summed E-state index contributed by atoms with van der Waals surface area (Å²) >= 11 is 0. The van der Waals surface area contributed by atoms with Gasteiger partial charge in [-0.2, -0.15) is 0 Å². The fourth-order valence-electron chi connectivity index (χ4n) is 3.57. The molecule has 0 aliphatic carbocycles. The van der Waals surface area contributed by atoms with Crippen molar-refractivity contribution < 1.29 is 9.59 Å². The second-order valence-electron chi connectivity index (χ2n) is 6.78. The number of aromatic amines is 1. The van der Waals surface area contributed by atoms with Crippen LogP contribution in [0.15, 0.2) is 48.8 Å². The van der Waals surface area contributed by atoms with Crippen LogP contribution in [-0.4, -0.2) is 45.9 Å². The number of amides is 2. The first-order valence-electron chi connectivity index (χ1n) is 8.87. The normalized spacial score (nSPS) is 16.7. The van der Waals surface area contributed by atoms with Gasteiger partial charge in [-0.15, -0.1) is 0 Å². The molecule has 134 valence electrons. The number of nitrogens with one attached hydrogen (secondary N) is 2. The lowest BCUT2D eigenvalue weighted by molar-refractivity contribution is -0.121. The number of H-pyrrole nitrogens is 1. The SMILES string of the molecule is CN1C(=O)c2cccn2CC1CNC(=O)CCc1c[nH]c2ccccc12. The van der Waals surface area contributed by atoms with E-state index in [0.717, 1.165) is 16.5 Å². The van der Waals surface area contributed by atoms with Crippen LogP contribution in [0.3, 0.4) is 0 Å². The number of para-hydroxylation sites is 1. The average molecular weight is 350 g/mol. The van der Waals surface area contributed by atoms with E-state index in [4.69, 9.17) is 0 Å². The molecule has 26 heavy (non-hydrogen) atoms. The van der Waals surface area contributed by atoms with Crippen LogP contribution in [-0.2, 0) is 17.8 Å². The Morgan fingerprint density at radius 1 is 1.27 bits per heavy atom. The summed E-state index contributed by atoms with van der Waals surface area (Å²) in [6.45, 7) is 1.17. The zero-order chi connectivity index (χ0) is 18.1. The maximum Gasteiger partial charge on any atom is 0.270 e. The van der Waals surface area contributed by atoms with E-state index in [9.17, 15) is 9.59 Å². The summed E-state index contributed by atoms with van der Waals surface area (Å²) < 4.78 is 1.95. The van der Waals surface area contributed by atoms with Crippen LogP contribution >= 0.6 is 0 Å². The number of carbonyl (C=O) groups excluding carboxylic acids is 2. The Hall–Kier alpha value is -3.02. The lowest BCUT2D eigenvalue weighted by Gasteiger charge is -2.33. The summed E-state index contributed by atoms with van der Waals surface area (Å²) in [5.74, 6) is 0.00808. The standard InChI is InChI=1S/C20H22N4O2/c1-23-15(13-24-10-4-7-18(24)20(23)26)12-22-19(25)9-8-14-11-21-17-6-3-2-5-16(14)17/h2-7,10-11,15,21H,8-9,12-13H2,1H3,(H,22,25). The van der Waals surface area contributed by atoms with Crippen LogP contribution < -0.4 is 5.32 Å². The van der Waals surface area contributed by atoms with Gasteiger partial charge in [0.05, 0.1) is 6.04 Å². The number of hydrogen-bond donors (Lipinski definition) is 2. The van der Waals surface area contributed by atoms with Gasteiger partial charge in [-0.05, 0) is 30.2 Å². The van der Waals surface area contributed by atoms with E-state index in [1.807, 2.05) is 47.3 Å². The summed E-state index contributed by atoms with van der Waals surface area (Å²) in [5.41, 5.74) is 2.94. The Balaban J connectivity index is 1.32. The molecule has 0 saturated carbocycles. The number of rotatable bonds is 5. The van der Waals surface area contributed by atoms with Gasteiger partial charge < -0.3 is 19.8 Å². The third-order valence-corrected chi connectivity index (χ3v) is 5.16. The Labute approximate surface area is 151 Å². The van der Waals surface area contributed by atoms with Crippen molar-refractivity contribution >= 4 is 22.7 Å². The molecule has 1 aliphatic rings. The van der Waals surface area contributed by atoms with E-state index in [1.54, 1.807) is 11.9 Å². The first-order valence-corrected chi connectivity index (χ1v) is 8.87. The Kier molecular flexibility index (Phi) is 4.24. The lowest BCUT2D eigenvalue weighted by Crippen LogP contribution is -2.50. The molecule has 1 aliphatic heterocycles. The summed E-state index contributed by atoms with van der Waals surface area (Å²) in [6, 6.07) is 11.8. The van der Waals surface area contributed by atoms with E-state index in [0.29, 0.717) is 31.6 Å². The fraction of sp³-hybridized carbons (Fsp3) is 0.300. The van der Waals surface area contributed by atoms with Crippen LogP contribution in [0.4, 0.5) is 0 Å². The molecule has 6 heteroatoms. The van der Waals surface area contributed by atoms with Crippen LogP contribution in [0.2, 0.25) is 0 Å². The quantitative estimate of drug-likeness (QED) is 0.740. The van der Waals surface area contributed by atoms with Crippen molar-refractivity contribution in [3.8, 4) is 0 Å². The molecule has 4 rings (SSSR count). The molecule has 0 radical (unpaired) electrons. The van der Waals surface area contributed by atoms with Gasteiger partial charge in [-0.25, -0.2) is 0 Å². The lowest BCUT2D eigenvalue weighted by atomic mass is 10.1. The van der Waals surface area contributed by atoms with Gasteiger partial charge in [0.15, 0.2) is 0 Å². The zero-order valence-electron chi connectivity index (χ0n) is 14.7. The second kappa shape index (κ2) is 6.71. The van der Waals surface area contributed by atoms with Crippen molar-refractivity contribution in [1.82, 2.24) is 19.8 Å². The summed E-state index contributed by atoms with van der Waals surface area (Å²) in [7, 11) is 1.79. The topological polar surface area (TPSA) is 70.1 Å². The van der Waals surface area contributed by atoms with E-state index < -0.39 is 0 Å². The van der Waals surface area contributed by atoms with Crippen molar-refractivity contribution in [2.45, 2.75) is 25.4 Å². The van der Waals surface area contributed by atoms with Crippen LogP contribution in [0.1, 0.15) is 22.5 Å². The largest absolute Gasteiger partial charge is 0.361 e. The highest BCUT2D eigenvalue weighted by molar-refractivity contribution is 5.93. The molecule has 3 aromatic rings. The van der Waals surface area contributed by atoms with E-state index in [1.165, 1.54) is 0 Å². The van der Waals surface area contributed by atoms with Crippen molar-refractivity contribution in [2.75, 3.05) is 13.6 Å². The summed E-state index contributed by atoms with van der Waals surface area (Å²) in [5, 5.41) is 4.15. The number of benzene rings is 1. The number of aromatic nitrogens is 2. The number of likely N-dealkylation sites (N-methyl/N-ethyl adjacent to an activating group) is 1. The Morgan fingerprint density at radius 2 is 2.12 bits per heavy atom. The predicted molar refractivity (Wildman–Crippen MR) is 99.9 cm³/mol. The summed E-state index contributed by atoms with van der Waals surface area (Å²) in [6.07, 6.45) is 5.00. The molecule has 0 fully saturated rings. The highest BCUT2D eigenvalue weighted by Gasteiger charge is 2.29. The average Bonchev–Trinajstić information content (AvgIpc) is 3.28. The second-order valence-corrected chi connectivity index (χ2v) is 6.78. The smallest absolute Gasteiger partial charge is 0.270 e. The Bertz CT molecular complexity index is 956. The van der Waals surface area contributed by atoms with Crippen molar-refractivity contribution in [1.29, 1.82) is 0 Å². The Morgan fingerprint density at radius 3 is 3.00 bits per heavy atom. The molecular weight excluding hydrogens is 328 g/mol. The van der Waals surface area contributed by atoms with Gasteiger partial charge >= 0.3 is 0 Å². The maximum absolute atomic E-state index is 12.3. The number of carbonyl (C=O) groups is 2. The third-order valence-electron chi connectivity index (χ3n) is 5.16. The minimum absolute atomic E-state index is 0.000656. The van der Waals surface area contributed by atoms with Gasteiger partial charge in [0.1, 0.15) is 5.69 Å². The van der Waals surface area contributed by atoms with Crippen LogP contribution in [0.5, 0.6) is 0 Å². The van der Waals surface area contributed by atoms with Gasteiger partial charge in [-0.1, -0.05) is 18.2 Å². The van der Waals surface area contributed by atoms with Crippen molar-refractivity contribution in [2.24, 2.45) is 0 Å². The minimum atomic E-state index is -0.0283. The molecule has 3 heterocycles. The molecule has 1 atom stereocenters. The monoisotopic (exact) mass is 350 g/mol. The molecule has 2 aromatic heterocycles. The van der Waals surface area contributed by atoms with E-state index in [2.05, 4.69) is 16.4 Å². The number of hydrogen-bond acceptors (Lipinski definition) is 2. The van der Waals surface area contributed by atoms with Crippen molar-refractivity contribution in [3.05, 3.63) is 60.0 Å². The first kappa shape index (κ1) is 16.4. The van der Waals surface area contributed by atoms with E-state index in [-0.39, 0.29) is 17.9 Å². The first-order chi connectivity index (χ1) is 12.6. The predicted octanol–water partition coefficient (Wildman–Crippen LogP) is 2.17. The molecule has 2 N–H and O–H groups in total. The van der Waals surface area contributed by atoms with Gasteiger partial charge in [0.25, 0.3) is 5.91 Å². The third kappa shape index (κ3) is 2.98. The number of nitrogens with zero attached hydrogens (tertiary/aromatic N) is 2. The molecule has 1 aromatic carbocycles. The highest BCUT2D eigenvalue weighted by atomic mass is 16.2. The van der Waals surface area contributed by atoms with Gasteiger partial charge in [-0.3, -0.25) is 9.59 Å². The summed E-state index contributed by atoms with van der Waals surface area (Å²) in [4.78, 5) is 29.5. The number of aryl methyl sites for hydroxylation is 1. The van der Waals surface area contributed by atoms with Gasteiger partial charge in [0.2, 0.25) is 5.91 Å². The van der Waals surface area contributed by atoms with Crippen LogP contribution in [0.25, 0.3) is 10.9 Å². The van der Waals surface area contributed by atoms with E-state index >= 15 is 0 Å². The van der Waals surface area contributed by atoms with Crippen LogP contribution in [0, 0.1) is 0 Å².